The van der Waals surface area contributed by atoms with Crippen LogP contribution in [0.25, 0.3) is 0 Å². The summed E-state index contributed by atoms with van der Waals surface area (Å²) >= 11 is 0. The molecule has 0 bridgehead atoms. The van der Waals surface area contributed by atoms with Crippen LogP contribution in [0.3, 0.4) is 0 Å². The summed E-state index contributed by atoms with van der Waals surface area (Å²) in [5.74, 6) is -0.0165. The van der Waals surface area contributed by atoms with Crippen LogP contribution < -0.4 is 10.6 Å². The minimum Gasteiger partial charge on any atom is -0.395 e. The summed E-state index contributed by atoms with van der Waals surface area (Å²) in [6, 6.07) is -0.0163. The molecule has 0 saturated carbocycles. The SMILES string of the molecule is CCCNC(=O)CNC(C)CO. The fourth-order valence-corrected chi connectivity index (χ4v) is 0.658. The van der Waals surface area contributed by atoms with Crippen LogP contribution in [-0.4, -0.2) is 36.8 Å². The number of hydrogen-bond donors (Lipinski definition) is 3. The Morgan fingerprint density at radius 2 is 2.25 bits per heavy atom. The molecule has 4 heteroatoms. The van der Waals surface area contributed by atoms with Crippen molar-refractivity contribution in [2.75, 3.05) is 19.7 Å². The molecule has 0 heterocycles. The Morgan fingerprint density at radius 1 is 1.58 bits per heavy atom. The number of amides is 1. The molecule has 1 unspecified atom stereocenters. The molecule has 0 aliphatic rings. The molecule has 0 aromatic carbocycles. The standard InChI is InChI=1S/C8H18N2O2/c1-3-4-9-8(12)5-10-7(2)6-11/h7,10-11H,3-6H2,1-2H3,(H,9,12). The fourth-order valence-electron chi connectivity index (χ4n) is 0.658. The summed E-state index contributed by atoms with van der Waals surface area (Å²) in [4.78, 5) is 11.0. The van der Waals surface area contributed by atoms with Gasteiger partial charge in [-0.15, -0.1) is 0 Å². The number of carbonyl (C=O) groups excluding carboxylic acids is 1. The van der Waals surface area contributed by atoms with Crippen molar-refractivity contribution < 1.29 is 9.90 Å². The maximum atomic E-state index is 11.0. The molecule has 0 aliphatic carbocycles. The Hall–Kier alpha value is -0.610. The molecule has 0 spiro atoms. The van der Waals surface area contributed by atoms with Gasteiger partial charge in [0.15, 0.2) is 0 Å². The number of aliphatic hydroxyl groups excluding tert-OH is 1. The molecule has 0 radical (unpaired) electrons. The van der Waals surface area contributed by atoms with Gasteiger partial charge in [0.25, 0.3) is 0 Å². The first-order valence-corrected chi connectivity index (χ1v) is 4.31. The van der Waals surface area contributed by atoms with Crippen LogP contribution in [0.5, 0.6) is 0 Å². The summed E-state index contributed by atoms with van der Waals surface area (Å²) in [5.41, 5.74) is 0. The van der Waals surface area contributed by atoms with E-state index < -0.39 is 0 Å². The highest BCUT2D eigenvalue weighted by molar-refractivity contribution is 5.77. The second-order valence-corrected chi connectivity index (χ2v) is 2.81. The zero-order chi connectivity index (χ0) is 9.40. The second kappa shape index (κ2) is 7.06. The molecule has 0 saturated heterocycles. The summed E-state index contributed by atoms with van der Waals surface area (Å²) in [7, 11) is 0. The summed E-state index contributed by atoms with van der Waals surface area (Å²) in [6.45, 7) is 4.88. The molecule has 1 atom stereocenters. The van der Waals surface area contributed by atoms with Crippen molar-refractivity contribution in [2.45, 2.75) is 26.3 Å². The van der Waals surface area contributed by atoms with Gasteiger partial charge in [-0.25, -0.2) is 0 Å². The van der Waals surface area contributed by atoms with E-state index in [2.05, 4.69) is 10.6 Å². The van der Waals surface area contributed by atoms with Crippen LogP contribution in [0.2, 0.25) is 0 Å². The van der Waals surface area contributed by atoms with E-state index in [1.807, 2.05) is 13.8 Å². The molecule has 0 aromatic heterocycles. The molecule has 1 amide bonds. The van der Waals surface area contributed by atoms with Crippen LogP contribution in [0.4, 0.5) is 0 Å². The number of carbonyl (C=O) groups is 1. The first-order valence-electron chi connectivity index (χ1n) is 4.31. The molecule has 3 N–H and O–H groups in total. The van der Waals surface area contributed by atoms with Gasteiger partial charge in [0.1, 0.15) is 0 Å². The molecule has 0 fully saturated rings. The Balaban J connectivity index is 3.31. The van der Waals surface area contributed by atoms with Crippen LogP contribution in [0, 0.1) is 0 Å². The van der Waals surface area contributed by atoms with E-state index in [-0.39, 0.29) is 25.1 Å². The average molecular weight is 174 g/mol. The van der Waals surface area contributed by atoms with Crippen molar-refractivity contribution in [1.29, 1.82) is 0 Å². The lowest BCUT2D eigenvalue weighted by molar-refractivity contribution is -0.120. The van der Waals surface area contributed by atoms with Crippen molar-refractivity contribution in [3.63, 3.8) is 0 Å². The van der Waals surface area contributed by atoms with Gasteiger partial charge in [-0.1, -0.05) is 6.92 Å². The van der Waals surface area contributed by atoms with Crippen LogP contribution in [0.15, 0.2) is 0 Å². The highest BCUT2D eigenvalue weighted by Gasteiger charge is 2.02. The van der Waals surface area contributed by atoms with Gasteiger partial charge in [-0.2, -0.15) is 0 Å². The van der Waals surface area contributed by atoms with Crippen LogP contribution in [0.1, 0.15) is 20.3 Å². The van der Waals surface area contributed by atoms with Gasteiger partial charge in [-0.05, 0) is 13.3 Å². The number of nitrogens with one attached hydrogen (secondary N) is 2. The highest BCUT2D eigenvalue weighted by Crippen LogP contribution is 1.77. The van der Waals surface area contributed by atoms with E-state index >= 15 is 0 Å². The zero-order valence-electron chi connectivity index (χ0n) is 7.76. The van der Waals surface area contributed by atoms with Crippen molar-refractivity contribution in [1.82, 2.24) is 10.6 Å². The van der Waals surface area contributed by atoms with Crippen molar-refractivity contribution in [3.05, 3.63) is 0 Å². The van der Waals surface area contributed by atoms with E-state index in [1.165, 1.54) is 0 Å². The van der Waals surface area contributed by atoms with Gasteiger partial charge in [0.2, 0.25) is 5.91 Å². The van der Waals surface area contributed by atoms with Gasteiger partial charge in [0.05, 0.1) is 13.2 Å². The smallest absolute Gasteiger partial charge is 0.233 e. The number of rotatable bonds is 6. The second-order valence-electron chi connectivity index (χ2n) is 2.81. The zero-order valence-corrected chi connectivity index (χ0v) is 7.76. The molecular weight excluding hydrogens is 156 g/mol. The van der Waals surface area contributed by atoms with E-state index in [0.29, 0.717) is 6.54 Å². The minimum atomic E-state index is -0.0165. The van der Waals surface area contributed by atoms with Crippen molar-refractivity contribution >= 4 is 5.91 Å². The number of aliphatic hydroxyl groups is 1. The molecule has 72 valence electrons. The maximum absolute atomic E-state index is 11.0. The topological polar surface area (TPSA) is 61.4 Å². The van der Waals surface area contributed by atoms with Gasteiger partial charge >= 0.3 is 0 Å². The monoisotopic (exact) mass is 174 g/mol. The first kappa shape index (κ1) is 11.4. The van der Waals surface area contributed by atoms with E-state index in [4.69, 9.17) is 5.11 Å². The largest absolute Gasteiger partial charge is 0.395 e. The maximum Gasteiger partial charge on any atom is 0.233 e. The quantitative estimate of drug-likeness (QED) is 0.508. The predicted molar refractivity (Wildman–Crippen MR) is 47.9 cm³/mol. The summed E-state index contributed by atoms with van der Waals surface area (Å²) < 4.78 is 0. The summed E-state index contributed by atoms with van der Waals surface area (Å²) in [5, 5.41) is 14.2. The molecular formula is C8H18N2O2. The molecule has 4 nitrogen and oxygen atoms in total. The molecule has 12 heavy (non-hydrogen) atoms. The lowest BCUT2D eigenvalue weighted by atomic mass is 10.3. The number of hydrogen-bond acceptors (Lipinski definition) is 3. The lowest BCUT2D eigenvalue weighted by Crippen LogP contribution is -2.39. The van der Waals surface area contributed by atoms with Crippen molar-refractivity contribution in [3.8, 4) is 0 Å². The van der Waals surface area contributed by atoms with Crippen LogP contribution >= 0.6 is 0 Å². The molecule has 0 aromatic rings. The third-order valence-corrected chi connectivity index (χ3v) is 1.46. The van der Waals surface area contributed by atoms with Gasteiger partial charge < -0.3 is 15.7 Å². The Bertz CT molecular complexity index is 128. The van der Waals surface area contributed by atoms with E-state index in [9.17, 15) is 4.79 Å². The van der Waals surface area contributed by atoms with E-state index in [1.54, 1.807) is 0 Å². The fraction of sp³-hybridized carbons (Fsp3) is 0.875. The first-order chi connectivity index (χ1) is 5.70. The molecule has 0 rings (SSSR count). The average Bonchev–Trinajstić information content (AvgIpc) is 2.10. The normalized spacial score (nSPS) is 12.6. The van der Waals surface area contributed by atoms with Crippen molar-refractivity contribution in [2.24, 2.45) is 0 Å². The molecule has 0 aliphatic heterocycles. The van der Waals surface area contributed by atoms with Gasteiger partial charge in [-0.3, -0.25) is 4.79 Å². The Morgan fingerprint density at radius 3 is 2.75 bits per heavy atom. The van der Waals surface area contributed by atoms with E-state index in [0.717, 1.165) is 6.42 Å². The van der Waals surface area contributed by atoms with Crippen LogP contribution in [-0.2, 0) is 4.79 Å². The predicted octanol–water partition coefficient (Wildman–Crippen LogP) is -0.517. The lowest BCUT2D eigenvalue weighted by Gasteiger charge is -2.09. The third-order valence-electron chi connectivity index (χ3n) is 1.46. The van der Waals surface area contributed by atoms with Gasteiger partial charge in [0, 0.05) is 12.6 Å². The summed E-state index contributed by atoms with van der Waals surface area (Å²) in [6.07, 6.45) is 0.946. The third kappa shape index (κ3) is 6.12. The minimum absolute atomic E-state index is 0.0163. The highest BCUT2D eigenvalue weighted by atomic mass is 16.3. The Labute approximate surface area is 73.3 Å². The Kier molecular flexibility index (Phi) is 6.70.